The van der Waals surface area contributed by atoms with E-state index in [1.807, 2.05) is 0 Å². The molecule has 1 aromatic rings. The quantitative estimate of drug-likeness (QED) is 0.680. The Balaban J connectivity index is 2.13. The number of rotatable bonds is 0. The minimum atomic E-state index is 0.876. The summed E-state index contributed by atoms with van der Waals surface area (Å²) >= 11 is 1.76. The molecule has 1 aromatic carbocycles. The molecule has 2 aliphatic rings. The fraction of sp³-hybridized carbons (Fsp3) is 0.364. The average molecular weight is 219 g/mol. The summed E-state index contributed by atoms with van der Waals surface area (Å²) in [4.78, 5) is 8.10. The van der Waals surface area contributed by atoms with Gasteiger partial charge in [-0.3, -0.25) is 4.99 Å². The van der Waals surface area contributed by atoms with Gasteiger partial charge in [-0.25, -0.2) is 0 Å². The Morgan fingerprint density at radius 1 is 1.47 bits per heavy atom. The number of nitrogens with zero attached hydrogens (tertiary/aromatic N) is 2. The summed E-state index contributed by atoms with van der Waals surface area (Å²) in [6.45, 7) is 4.08. The van der Waals surface area contributed by atoms with Gasteiger partial charge >= 0.3 is 0 Å². The van der Waals surface area contributed by atoms with Gasteiger partial charge in [0.1, 0.15) is 0 Å². The highest BCUT2D eigenvalue weighted by Crippen LogP contribution is 2.43. The molecule has 2 heterocycles. The van der Waals surface area contributed by atoms with Crippen molar-refractivity contribution in [3.8, 4) is 0 Å². The molecular formula is C11H13N3S. The maximum Gasteiger partial charge on any atom is 0.168 e. The molecule has 0 aliphatic carbocycles. The number of anilines is 2. The number of hydrogen-bond donors (Lipinski definition) is 1. The second-order valence-electron chi connectivity index (χ2n) is 3.95. The standard InChI is InChI=1S/C11H13N3S/c1-7-5-10-9(6-8(7)12)14-4-2-3-13-11(14)15-10/h5-6H,2-4,12H2,1H3. The zero-order chi connectivity index (χ0) is 10.4. The van der Waals surface area contributed by atoms with Crippen molar-refractivity contribution < 1.29 is 0 Å². The largest absolute Gasteiger partial charge is 0.398 e. The predicted molar refractivity (Wildman–Crippen MR) is 65.7 cm³/mol. The monoisotopic (exact) mass is 219 g/mol. The molecule has 78 valence electrons. The maximum absolute atomic E-state index is 5.94. The molecule has 0 saturated carbocycles. The number of hydrogen-bond acceptors (Lipinski definition) is 4. The number of benzene rings is 1. The highest BCUT2D eigenvalue weighted by molar-refractivity contribution is 8.14. The van der Waals surface area contributed by atoms with E-state index >= 15 is 0 Å². The van der Waals surface area contributed by atoms with Crippen LogP contribution in [0.1, 0.15) is 12.0 Å². The van der Waals surface area contributed by atoms with Crippen molar-refractivity contribution in [2.45, 2.75) is 18.2 Å². The summed E-state index contributed by atoms with van der Waals surface area (Å²) in [5, 5.41) is 1.14. The first-order valence-corrected chi connectivity index (χ1v) is 5.97. The molecule has 0 fully saturated rings. The number of amidine groups is 1. The van der Waals surface area contributed by atoms with E-state index in [-0.39, 0.29) is 0 Å². The Kier molecular flexibility index (Phi) is 1.92. The summed E-state index contributed by atoms with van der Waals surface area (Å²) in [6.07, 6.45) is 1.14. The summed E-state index contributed by atoms with van der Waals surface area (Å²) in [7, 11) is 0. The number of thioether (sulfide) groups is 1. The molecule has 0 spiro atoms. The lowest BCUT2D eigenvalue weighted by molar-refractivity contribution is 0.798. The summed E-state index contributed by atoms with van der Waals surface area (Å²) < 4.78 is 0. The van der Waals surface area contributed by atoms with Crippen molar-refractivity contribution in [1.29, 1.82) is 0 Å². The Bertz CT molecular complexity index is 453. The smallest absolute Gasteiger partial charge is 0.168 e. The highest BCUT2D eigenvalue weighted by Gasteiger charge is 2.28. The maximum atomic E-state index is 5.94. The van der Waals surface area contributed by atoms with E-state index < -0.39 is 0 Å². The van der Waals surface area contributed by atoms with Gasteiger partial charge in [0.25, 0.3) is 0 Å². The van der Waals surface area contributed by atoms with Gasteiger partial charge in [0.05, 0.1) is 5.69 Å². The fourth-order valence-electron chi connectivity index (χ4n) is 1.97. The van der Waals surface area contributed by atoms with E-state index in [4.69, 9.17) is 5.73 Å². The molecular weight excluding hydrogens is 206 g/mol. The first-order chi connectivity index (χ1) is 7.25. The molecule has 0 aromatic heterocycles. The molecule has 15 heavy (non-hydrogen) atoms. The summed E-state index contributed by atoms with van der Waals surface area (Å²) in [5.74, 6) is 0. The van der Waals surface area contributed by atoms with E-state index in [0.717, 1.165) is 35.9 Å². The Hall–Kier alpha value is -1.16. The van der Waals surface area contributed by atoms with E-state index in [1.54, 1.807) is 11.8 Å². The van der Waals surface area contributed by atoms with Crippen LogP contribution in [0.4, 0.5) is 11.4 Å². The molecule has 3 nitrogen and oxygen atoms in total. The van der Waals surface area contributed by atoms with E-state index in [2.05, 4.69) is 28.9 Å². The SMILES string of the molecule is Cc1cc2c(cc1N)N1CCCN=C1S2. The molecule has 3 rings (SSSR count). The molecule has 0 amide bonds. The van der Waals surface area contributed by atoms with Crippen LogP contribution >= 0.6 is 11.8 Å². The molecule has 0 unspecified atom stereocenters. The zero-order valence-electron chi connectivity index (χ0n) is 8.66. The number of fused-ring (bicyclic) bond motifs is 3. The van der Waals surface area contributed by atoms with Crippen LogP contribution in [0.5, 0.6) is 0 Å². The van der Waals surface area contributed by atoms with Crippen LogP contribution in [-0.2, 0) is 0 Å². The van der Waals surface area contributed by atoms with Gasteiger partial charge in [0.2, 0.25) is 0 Å². The second-order valence-corrected chi connectivity index (χ2v) is 4.96. The fourth-order valence-corrected chi connectivity index (χ4v) is 3.13. The molecule has 0 bridgehead atoms. The summed E-state index contributed by atoms with van der Waals surface area (Å²) in [6, 6.07) is 4.24. The molecule has 0 saturated heterocycles. The molecule has 2 N–H and O–H groups in total. The van der Waals surface area contributed by atoms with Gasteiger partial charge < -0.3 is 10.6 Å². The minimum Gasteiger partial charge on any atom is -0.398 e. The first-order valence-electron chi connectivity index (χ1n) is 5.15. The molecule has 0 radical (unpaired) electrons. The van der Waals surface area contributed by atoms with E-state index in [0.29, 0.717) is 0 Å². The normalized spacial score (nSPS) is 18.5. The molecule has 4 heteroatoms. The van der Waals surface area contributed by atoms with Gasteiger partial charge in [0.15, 0.2) is 5.17 Å². The van der Waals surface area contributed by atoms with Crippen LogP contribution in [0, 0.1) is 6.92 Å². The zero-order valence-corrected chi connectivity index (χ0v) is 9.47. The second kappa shape index (κ2) is 3.17. The number of aryl methyl sites for hydroxylation is 1. The Labute approximate surface area is 93.4 Å². The predicted octanol–water partition coefficient (Wildman–Crippen LogP) is 2.25. The van der Waals surface area contributed by atoms with Gasteiger partial charge in [0, 0.05) is 23.7 Å². The van der Waals surface area contributed by atoms with Crippen LogP contribution in [-0.4, -0.2) is 18.3 Å². The van der Waals surface area contributed by atoms with E-state index in [1.165, 1.54) is 10.6 Å². The van der Waals surface area contributed by atoms with E-state index in [9.17, 15) is 0 Å². The Morgan fingerprint density at radius 3 is 3.20 bits per heavy atom. The van der Waals surface area contributed by atoms with Crippen molar-refractivity contribution in [2.24, 2.45) is 4.99 Å². The van der Waals surface area contributed by atoms with Gasteiger partial charge in [-0.2, -0.15) is 0 Å². The highest BCUT2D eigenvalue weighted by atomic mass is 32.2. The van der Waals surface area contributed by atoms with Gasteiger partial charge in [-0.05, 0) is 42.8 Å². The molecule has 2 aliphatic heterocycles. The summed E-state index contributed by atoms with van der Waals surface area (Å²) in [5.41, 5.74) is 9.21. The number of nitrogen functional groups attached to an aromatic ring is 1. The van der Waals surface area contributed by atoms with Crippen LogP contribution in [0.2, 0.25) is 0 Å². The number of aliphatic imine (C=N–C) groups is 1. The van der Waals surface area contributed by atoms with Crippen molar-refractivity contribution in [3.05, 3.63) is 17.7 Å². The lowest BCUT2D eigenvalue weighted by atomic mass is 10.1. The van der Waals surface area contributed by atoms with Crippen molar-refractivity contribution in [2.75, 3.05) is 23.7 Å². The minimum absolute atomic E-state index is 0.876. The van der Waals surface area contributed by atoms with Crippen LogP contribution in [0.15, 0.2) is 22.0 Å². The first kappa shape index (κ1) is 9.09. The number of nitrogens with two attached hydrogens (primary N) is 1. The third-order valence-electron chi connectivity index (χ3n) is 2.86. The topological polar surface area (TPSA) is 41.6 Å². The molecule has 0 atom stereocenters. The third kappa shape index (κ3) is 1.32. The van der Waals surface area contributed by atoms with Gasteiger partial charge in [-0.15, -0.1) is 0 Å². The van der Waals surface area contributed by atoms with Crippen LogP contribution < -0.4 is 10.6 Å². The van der Waals surface area contributed by atoms with Crippen molar-refractivity contribution >= 4 is 28.3 Å². The van der Waals surface area contributed by atoms with Crippen LogP contribution in [0.25, 0.3) is 0 Å². The van der Waals surface area contributed by atoms with Crippen molar-refractivity contribution in [3.63, 3.8) is 0 Å². The van der Waals surface area contributed by atoms with Gasteiger partial charge in [-0.1, -0.05) is 0 Å². The average Bonchev–Trinajstić information content (AvgIpc) is 2.57. The lowest BCUT2D eigenvalue weighted by Crippen LogP contribution is -2.30. The van der Waals surface area contributed by atoms with Crippen molar-refractivity contribution in [1.82, 2.24) is 0 Å². The third-order valence-corrected chi connectivity index (χ3v) is 3.94. The lowest BCUT2D eigenvalue weighted by Gasteiger charge is -2.22. The van der Waals surface area contributed by atoms with Crippen LogP contribution in [0.3, 0.4) is 0 Å². The Morgan fingerprint density at radius 2 is 2.33 bits per heavy atom.